The molecule has 0 heterocycles. The van der Waals surface area contributed by atoms with Crippen molar-refractivity contribution in [3.05, 3.63) is 23.8 Å². The first-order valence-corrected chi connectivity index (χ1v) is 9.56. The van der Waals surface area contributed by atoms with E-state index in [0.29, 0.717) is 12.2 Å². The molecule has 0 unspecified atom stereocenters. The van der Waals surface area contributed by atoms with E-state index in [4.69, 9.17) is 5.11 Å². The molecule has 1 aliphatic rings. The van der Waals surface area contributed by atoms with Crippen LogP contribution in [0.3, 0.4) is 0 Å². The molecule has 6 nitrogen and oxygen atoms in total. The van der Waals surface area contributed by atoms with E-state index in [0.717, 1.165) is 38.5 Å². The zero-order valence-corrected chi connectivity index (χ0v) is 14.2. The third kappa shape index (κ3) is 4.68. The lowest BCUT2D eigenvalue weighted by molar-refractivity contribution is 0.0696. The number of nitrogens with one attached hydrogen (secondary N) is 2. The van der Waals surface area contributed by atoms with E-state index >= 15 is 0 Å². The Morgan fingerprint density at radius 3 is 2.61 bits per heavy atom. The van der Waals surface area contributed by atoms with Crippen molar-refractivity contribution in [3.63, 3.8) is 0 Å². The van der Waals surface area contributed by atoms with Gasteiger partial charge in [-0.3, -0.25) is 0 Å². The molecule has 2 rings (SSSR count). The van der Waals surface area contributed by atoms with Crippen LogP contribution in [0.15, 0.2) is 23.1 Å². The number of carboxylic acid groups (broad SMARTS) is 1. The molecule has 0 atom stereocenters. The minimum Gasteiger partial charge on any atom is -0.478 e. The van der Waals surface area contributed by atoms with Crippen LogP contribution in [0.25, 0.3) is 0 Å². The SMILES string of the molecule is CCCCNS(=O)(=O)c1cc(C(=O)O)ccc1NC1CCCC1. The van der Waals surface area contributed by atoms with Gasteiger partial charge in [-0.25, -0.2) is 17.9 Å². The van der Waals surface area contributed by atoms with Gasteiger partial charge in [0.15, 0.2) is 0 Å². The number of anilines is 1. The van der Waals surface area contributed by atoms with Crippen LogP contribution in [0.1, 0.15) is 55.8 Å². The number of carbonyl (C=O) groups is 1. The number of unbranched alkanes of at least 4 members (excludes halogenated alkanes) is 1. The largest absolute Gasteiger partial charge is 0.478 e. The number of aromatic carboxylic acids is 1. The predicted molar refractivity (Wildman–Crippen MR) is 89.4 cm³/mol. The van der Waals surface area contributed by atoms with Crippen LogP contribution in [0.2, 0.25) is 0 Å². The Morgan fingerprint density at radius 1 is 1.30 bits per heavy atom. The van der Waals surface area contributed by atoms with E-state index in [1.807, 2.05) is 6.92 Å². The number of rotatable bonds is 8. The molecule has 1 aliphatic carbocycles. The van der Waals surface area contributed by atoms with Crippen LogP contribution in [0.5, 0.6) is 0 Å². The summed E-state index contributed by atoms with van der Waals surface area (Å²) in [6.45, 7) is 2.32. The molecular formula is C16H24N2O4S. The van der Waals surface area contributed by atoms with E-state index in [2.05, 4.69) is 10.0 Å². The summed E-state index contributed by atoms with van der Waals surface area (Å²) in [5.41, 5.74) is 0.448. The van der Waals surface area contributed by atoms with Crippen molar-refractivity contribution in [3.8, 4) is 0 Å². The maximum atomic E-state index is 12.5. The van der Waals surface area contributed by atoms with Gasteiger partial charge in [-0.1, -0.05) is 26.2 Å². The fraction of sp³-hybridized carbons (Fsp3) is 0.562. The molecule has 0 radical (unpaired) electrons. The Hall–Kier alpha value is -1.60. The Balaban J connectivity index is 2.31. The summed E-state index contributed by atoms with van der Waals surface area (Å²) < 4.78 is 27.6. The van der Waals surface area contributed by atoms with Crippen LogP contribution < -0.4 is 10.0 Å². The molecule has 128 valence electrons. The number of hydrogen-bond donors (Lipinski definition) is 3. The average molecular weight is 340 g/mol. The van der Waals surface area contributed by atoms with Gasteiger partial charge in [0.05, 0.1) is 11.3 Å². The van der Waals surface area contributed by atoms with Gasteiger partial charge in [0, 0.05) is 12.6 Å². The highest BCUT2D eigenvalue weighted by Crippen LogP contribution is 2.28. The maximum absolute atomic E-state index is 12.5. The molecule has 1 saturated carbocycles. The molecular weight excluding hydrogens is 316 g/mol. The van der Waals surface area contributed by atoms with Gasteiger partial charge in [-0.15, -0.1) is 0 Å². The molecule has 23 heavy (non-hydrogen) atoms. The highest BCUT2D eigenvalue weighted by molar-refractivity contribution is 7.89. The van der Waals surface area contributed by atoms with Crippen LogP contribution in [0, 0.1) is 0 Å². The van der Waals surface area contributed by atoms with E-state index in [9.17, 15) is 13.2 Å². The fourth-order valence-electron chi connectivity index (χ4n) is 2.75. The molecule has 0 spiro atoms. The third-order valence-corrected chi connectivity index (χ3v) is 5.56. The zero-order valence-electron chi connectivity index (χ0n) is 13.3. The Kier molecular flexibility index (Phi) is 6.01. The van der Waals surface area contributed by atoms with Crippen molar-refractivity contribution < 1.29 is 18.3 Å². The standard InChI is InChI=1S/C16H24N2O4S/c1-2-3-10-17-23(21,22)15-11-12(16(19)20)8-9-14(15)18-13-6-4-5-7-13/h8-9,11,13,17-18H,2-7,10H2,1H3,(H,19,20). The molecule has 1 aromatic carbocycles. The van der Waals surface area contributed by atoms with Gasteiger partial charge in [-0.2, -0.15) is 0 Å². The Morgan fingerprint density at radius 2 is 2.00 bits per heavy atom. The topological polar surface area (TPSA) is 95.5 Å². The summed E-state index contributed by atoms with van der Waals surface area (Å²) in [5.74, 6) is -1.14. The minimum absolute atomic E-state index is 0.0143. The second kappa shape index (κ2) is 7.79. The summed E-state index contributed by atoms with van der Waals surface area (Å²) in [7, 11) is -3.74. The van der Waals surface area contributed by atoms with Gasteiger partial charge in [-0.05, 0) is 37.5 Å². The van der Waals surface area contributed by atoms with Gasteiger partial charge in [0.1, 0.15) is 4.90 Å². The summed E-state index contributed by atoms with van der Waals surface area (Å²) >= 11 is 0. The number of benzene rings is 1. The van der Waals surface area contributed by atoms with Crippen LogP contribution in [-0.2, 0) is 10.0 Å². The highest BCUT2D eigenvalue weighted by atomic mass is 32.2. The molecule has 1 fully saturated rings. The van der Waals surface area contributed by atoms with Crippen molar-refractivity contribution in [1.82, 2.24) is 4.72 Å². The van der Waals surface area contributed by atoms with E-state index in [1.54, 1.807) is 6.07 Å². The minimum atomic E-state index is -3.74. The van der Waals surface area contributed by atoms with Crippen molar-refractivity contribution in [2.45, 2.75) is 56.4 Å². The summed E-state index contributed by atoms with van der Waals surface area (Å²) in [6, 6.07) is 4.46. The first kappa shape index (κ1) is 17.7. The van der Waals surface area contributed by atoms with Crippen LogP contribution in [-0.4, -0.2) is 32.1 Å². The predicted octanol–water partition coefficient (Wildman–Crippen LogP) is 2.82. The zero-order chi connectivity index (χ0) is 16.9. The Labute approximate surface area is 137 Å². The average Bonchev–Trinajstić information content (AvgIpc) is 3.00. The lowest BCUT2D eigenvalue weighted by atomic mass is 10.2. The number of carboxylic acids is 1. The molecule has 0 saturated heterocycles. The second-order valence-electron chi connectivity index (χ2n) is 5.89. The summed E-state index contributed by atoms with van der Waals surface area (Å²) in [5, 5.41) is 12.4. The van der Waals surface area contributed by atoms with Crippen molar-refractivity contribution in [2.24, 2.45) is 0 Å². The maximum Gasteiger partial charge on any atom is 0.335 e. The van der Waals surface area contributed by atoms with E-state index in [1.165, 1.54) is 12.1 Å². The molecule has 0 amide bonds. The Bertz CT molecular complexity index is 652. The lowest BCUT2D eigenvalue weighted by Gasteiger charge is -2.18. The normalized spacial score (nSPS) is 15.7. The van der Waals surface area contributed by atoms with Gasteiger partial charge in [0.25, 0.3) is 0 Å². The highest BCUT2D eigenvalue weighted by Gasteiger charge is 2.23. The van der Waals surface area contributed by atoms with Crippen molar-refractivity contribution in [2.75, 3.05) is 11.9 Å². The summed E-state index contributed by atoms with van der Waals surface area (Å²) in [4.78, 5) is 11.2. The van der Waals surface area contributed by atoms with Crippen molar-refractivity contribution in [1.29, 1.82) is 0 Å². The first-order valence-electron chi connectivity index (χ1n) is 8.07. The lowest BCUT2D eigenvalue weighted by Crippen LogP contribution is -2.27. The summed E-state index contributed by atoms with van der Waals surface area (Å²) in [6.07, 6.45) is 5.88. The fourth-order valence-corrected chi connectivity index (χ4v) is 4.02. The van der Waals surface area contributed by atoms with Crippen LogP contribution >= 0.6 is 0 Å². The van der Waals surface area contributed by atoms with Crippen LogP contribution in [0.4, 0.5) is 5.69 Å². The molecule has 1 aromatic rings. The molecule has 7 heteroatoms. The smallest absolute Gasteiger partial charge is 0.335 e. The first-order chi connectivity index (χ1) is 10.9. The molecule has 0 bridgehead atoms. The molecule has 0 aliphatic heterocycles. The third-order valence-electron chi connectivity index (χ3n) is 4.06. The molecule has 0 aromatic heterocycles. The van der Waals surface area contributed by atoms with E-state index in [-0.39, 0.29) is 16.5 Å². The monoisotopic (exact) mass is 340 g/mol. The van der Waals surface area contributed by atoms with Gasteiger partial charge < -0.3 is 10.4 Å². The van der Waals surface area contributed by atoms with E-state index < -0.39 is 16.0 Å². The van der Waals surface area contributed by atoms with Gasteiger partial charge in [0.2, 0.25) is 10.0 Å². The van der Waals surface area contributed by atoms with Gasteiger partial charge >= 0.3 is 5.97 Å². The quantitative estimate of drug-likeness (QED) is 0.633. The number of hydrogen-bond acceptors (Lipinski definition) is 4. The van der Waals surface area contributed by atoms with Crippen molar-refractivity contribution >= 4 is 21.7 Å². The number of sulfonamides is 1. The molecule has 3 N–H and O–H groups in total. The second-order valence-corrected chi connectivity index (χ2v) is 7.63.